The van der Waals surface area contributed by atoms with Crippen LogP contribution in [0.15, 0.2) is 11.6 Å². The Labute approximate surface area is 122 Å². The van der Waals surface area contributed by atoms with E-state index in [2.05, 4.69) is 33.9 Å². The number of hydrogen-bond donors (Lipinski definition) is 1. The Morgan fingerprint density at radius 2 is 2.10 bits per heavy atom. The van der Waals surface area contributed by atoms with Gasteiger partial charge < -0.3 is 14.3 Å². The molecule has 2 bridgehead atoms. The first-order valence-electron chi connectivity index (χ1n) is 7.22. The smallest absolute Gasteiger partial charge is 0.192 e. The molecule has 20 heavy (non-hydrogen) atoms. The maximum absolute atomic E-state index is 12.4. The quantitative estimate of drug-likeness (QED) is 0.642. The summed E-state index contributed by atoms with van der Waals surface area (Å²) < 4.78 is 12.1. The third kappa shape index (κ3) is 2.41. The molecular formula is C15H26O4Si. The molecule has 114 valence electrons. The van der Waals surface area contributed by atoms with Gasteiger partial charge in [0.25, 0.3) is 0 Å². The molecular weight excluding hydrogens is 272 g/mol. The summed E-state index contributed by atoms with van der Waals surface area (Å²) >= 11 is 0. The molecule has 0 radical (unpaired) electrons. The first-order valence-corrected chi connectivity index (χ1v) is 10.1. The zero-order valence-electron chi connectivity index (χ0n) is 13.3. The molecule has 1 saturated heterocycles. The SMILES string of the molecule is CC1=C[C@H](O)[C@@H]2CC(=O)[C@@]1(CO[Si](C)(C)C(C)(C)C)O2. The summed E-state index contributed by atoms with van der Waals surface area (Å²) in [5, 5.41) is 9.96. The summed E-state index contributed by atoms with van der Waals surface area (Å²) in [6.45, 7) is 13.0. The summed E-state index contributed by atoms with van der Waals surface area (Å²) in [5.41, 5.74) is -0.179. The van der Waals surface area contributed by atoms with E-state index in [0.717, 1.165) is 5.57 Å². The Bertz CT molecular complexity index is 449. The number of ketones is 1. The van der Waals surface area contributed by atoms with Gasteiger partial charge in [0.2, 0.25) is 0 Å². The normalized spacial score (nSPS) is 34.4. The van der Waals surface area contributed by atoms with Gasteiger partial charge in [0.15, 0.2) is 19.7 Å². The molecule has 2 aliphatic heterocycles. The van der Waals surface area contributed by atoms with Crippen molar-refractivity contribution < 1.29 is 19.1 Å². The highest BCUT2D eigenvalue weighted by molar-refractivity contribution is 6.74. The Morgan fingerprint density at radius 1 is 1.50 bits per heavy atom. The van der Waals surface area contributed by atoms with Crippen LogP contribution in [0.4, 0.5) is 0 Å². The fourth-order valence-corrected chi connectivity index (χ4v) is 3.44. The standard InChI is InChI=1S/C15H26O4Si/c1-10-7-11(16)12-8-13(17)15(10,19-12)9-18-20(5,6)14(2,3)4/h7,11-12,16H,8-9H2,1-6H3/t11-,12-,15-/m0/s1. The molecule has 5 heteroatoms. The molecule has 2 aliphatic rings. The third-order valence-corrected chi connectivity index (χ3v) is 9.55. The second-order valence-electron chi connectivity index (χ2n) is 7.50. The Kier molecular flexibility index (Phi) is 3.78. The van der Waals surface area contributed by atoms with Crippen LogP contribution >= 0.6 is 0 Å². The van der Waals surface area contributed by atoms with Crippen LogP contribution < -0.4 is 0 Å². The summed E-state index contributed by atoms with van der Waals surface area (Å²) in [7, 11) is -1.93. The molecule has 0 aromatic rings. The van der Waals surface area contributed by atoms with Crippen molar-refractivity contribution in [3.8, 4) is 0 Å². The lowest BCUT2D eigenvalue weighted by molar-refractivity contribution is -0.136. The van der Waals surface area contributed by atoms with Crippen LogP contribution in [0.5, 0.6) is 0 Å². The number of carbonyl (C=O) groups is 1. The molecule has 0 spiro atoms. The lowest BCUT2D eigenvalue weighted by Gasteiger charge is -2.40. The van der Waals surface area contributed by atoms with E-state index in [4.69, 9.17) is 9.16 Å². The number of hydrogen-bond acceptors (Lipinski definition) is 4. The van der Waals surface area contributed by atoms with E-state index < -0.39 is 26.1 Å². The molecule has 2 heterocycles. The van der Waals surface area contributed by atoms with Crippen molar-refractivity contribution in [1.29, 1.82) is 0 Å². The fourth-order valence-electron chi connectivity index (χ4n) is 2.44. The van der Waals surface area contributed by atoms with Gasteiger partial charge in [-0.1, -0.05) is 26.8 Å². The molecule has 0 unspecified atom stereocenters. The minimum absolute atomic E-state index is 0.0338. The number of aliphatic hydroxyl groups is 1. The minimum atomic E-state index is -1.93. The van der Waals surface area contributed by atoms with E-state index in [1.807, 2.05) is 6.92 Å². The highest BCUT2D eigenvalue weighted by Gasteiger charge is 2.55. The molecule has 0 aromatic heterocycles. The van der Waals surface area contributed by atoms with Crippen molar-refractivity contribution >= 4 is 14.1 Å². The maximum atomic E-state index is 12.4. The topological polar surface area (TPSA) is 55.8 Å². The number of aliphatic hydroxyl groups excluding tert-OH is 1. The van der Waals surface area contributed by atoms with Gasteiger partial charge in [-0.3, -0.25) is 4.79 Å². The van der Waals surface area contributed by atoms with Gasteiger partial charge in [-0.2, -0.15) is 0 Å². The molecule has 1 N–H and O–H groups in total. The van der Waals surface area contributed by atoms with Gasteiger partial charge in [0, 0.05) is 6.42 Å². The largest absolute Gasteiger partial charge is 0.413 e. The Balaban J connectivity index is 2.20. The van der Waals surface area contributed by atoms with Crippen LogP contribution in [-0.4, -0.2) is 43.6 Å². The molecule has 0 aliphatic carbocycles. The first-order chi connectivity index (χ1) is 8.99. The molecule has 2 rings (SSSR count). The molecule has 0 amide bonds. The molecule has 3 atom stereocenters. The average molecular weight is 298 g/mol. The number of rotatable bonds is 3. The summed E-state index contributed by atoms with van der Waals surface area (Å²) in [6.07, 6.45) is 0.931. The van der Waals surface area contributed by atoms with E-state index >= 15 is 0 Å². The molecule has 4 nitrogen and oxygen atoms in total. The lowest BCUT2D eigenvalue weighted by Crippen LogP contribution is -2.51. The zero-order chi connectivity index (χ0) is 15.3. The van der Waals surface area contributed by atoms with Crippen LogP contribution in [0.25, 0.3) is 0 Å². The first kappa shape index (κ1) is 15.9. The predicted molar refractivity (Wildman–Crippen MR) is 80.1 cm³/mol. The highest BCUT2D eigenvalue weighted by atomic mass is 28.4. The number of fused-ring (bicyclic) bond motifs is 2. The lowest BCUT2D eigenvalue weighted by atomic mass is 9.91. The van der Waals surface area contributed by atoms with E-state index in [1.165, 1.54) is 0 Å². The van der Waals surface area contributed by atoms with Crippen molar-refractivity contribution in [2.75, 3.05) is 6.61 Å². The van der Waals surface area contributed by atoms with Crippen molar-refractivity contribution in [2.24, 2.45) is 0 Å². The number of Topliss-reactive ketones (excluding diaryl/α,β-unsaturated/α-hetero) is 1. The average Bonchev–Trinajstić information content (AvgIpc) is 2.59. The predicted octanol–water partition coefficient (Wildman–Crippen LogP) is 2.43. The van der Waals surface area contributed by atoms with E-state index in [9.17, 15) is 9.90 Å². The number of carbonyl (C=O) groups excluding carboxylic acids is 1. The monoisotopic (exact) mass is 298 g/mol. The second kappa shape index (κ2) is 4.76. The zero-order valence-corrected chi connectivity index (χ0v) is 14.3. The van der Waals surface area contributed by atoms with Crippen LogP contribution in [0.1, 0.15) is 34.1 Å². The van der Waals surface area contributed by atoms with Crippen molar-refractivity contribution in [3.05, 3.63) is 11.6 Å². The van der Waals surface area contributed by atoms with Gasteiger partial charge in [-0.15, -0.1) is 0 Å². The van der Waals surface area contributed by atoms with Crippen molar-refractivity contribution in [2.45, 2.75) is 70.1 Å². The van der Waals surface area contributed by atoms with Crippen molar-refractivity contribution in [1.82, 2.24) is 0 Å². The van der Waals surface area contributed by atoms with Crippen molar-refractivity contribution in [3.63, 3.8) is 0 Å². The molecule has 1 fully saturated rings. The van der Waals surface area contributed by atoms with Gasteiger partial charge >= 0.3 is 0 Å². The van der Waals surface area contributed by atoms with Crippen LogP contribution in [-0.2, 0) is 14.0 Å². The van der Waals surface area contributed by atoms with E-state index in [1.54, 1.807) is 6.08 Å². The Hall–Kier alpha value is -0.493. The third-order valence-electron chi connectivity index (χ3n) is 5.07. The van der Waals surface area contributed by atoms with E-state index in [0.29, 0.717) is 0 Å². The number of ether oxygens (including phenoxy) is 1. The minimum Gasteiger partial charge on any atom is -0.413 e. The van der Waals surface area contributed by atoms with Crippen LogP contribution in [0.3, 0.4) is 0 Å². The fraction of sp³-hybridized carbons (Fsp3) is 0.800. The van der Waals surface area contributed by atoms with E-state index in [-0.39, 0.29) is 23.8 Å². The van der Waals surface area contributed by atoms with Gasteiger partial charge in [-0.25, -0.2) is 0 Å². The second-order valence-corrected chi connectivity index (χ2v) is 12.3. The van der Waals surface area contributed by atoms with Crippen LogP contribution in [0, 0.1) is 0 Å². The Morgan fingerprint density at radius 3 is 2.65 bits per heavy atom. The highest BCUT2D eigenvalue weighted by Crippen LogP contribution is 2.42. The van der Waals surface area contributed by atoms with Gasteiger partial charge in [0.05, 0.1) is 18.8 Å². The van der Waals surface area contributed by atoms with Crippen LogP contribution in [0.2, 0.25) is 18.1 Å². The van der Waals surface area contributed by atoms with Gasteiger partial charge in [-0.05, 0) is 30.6 Å². The molecule has 0 saturated carbocycles. The summed E-state index contributed by atoms with van der Waals surface area (Å²) in [5.74, 6) is 0.0338. The molecule has 0 aromatic carbocycles. The van der Waals surface area contributed by atoms with Gasteiger partial charge in [0.1, 0.15) is 0 Å². The summed E-state index contributed by atoms with van der Waals surface area (Å²) in [4.78, 5) is 12.4. The maximum Gasteiger partial charge on any atom is 0.192 e. The summed E-state index contributed by atoms with van der Waals surface area (Å²) in [6, 6.07) is 0.